The van der Waals surface area contributed by atoms with Gasteiger partial charge in [-0.2, -0.15) is 11.8 Å². The zero-order valence-corrected chi connectivity index (χ0v) is 17.5. The zero-order valence-electron chi connectivity index (χ0n) is 16.7. The van der Waals surface area contributed by atoms with Crippen molar-refractivity contribution in [2.45, 2.75) is 18.4 Å². The molecule has 2 aromatic rings. The minimum atomic E-state index is -0.752. The van der Waals surface area contributed by atoms with E-state index in [4.69, 9.17) is 4.42 Å². The molecule has 8 nitrogen and oxygen atoms in total. The number of nitrogens with zero attached hydrogens (tertiary/aromatic N) is 2. The first-order valence-electron chi connectivity index (χ1n) is 9.30. The molecule has 0 amide bonds. The third-order valence-corrected chi connectivity index (χ3v) is 4.88. The number of hydrogen-bond donors (Lipinski definition) is 3. The van der Waals surface area contributed by atoms with Crippen molar-refractivity contribution in [2.75, 3.05) is 32.9 Å². The fourth-order valence-electron chi connectivity index (χ4n) is 2.59. The molecule has 1 unspecified atom stereocenters. The van der Waals surface area contributed by atoms with Crippen LogP contribution in [-0.4, -0.2) is 47.9 Å². The highest BCUT2D eigenvalue weighted by Crippen LogP contribution is 2.16. The van der Waals surface area contributed by atoms with Crippen LogP contribution in [-0.2, 0) is 12.3 Å². The molecule has 0 radical (unpaired) electrons. The Balaban J connectivity index is 1.72. The largest absolute Gasteiger partial charge is 0.464 e. The lowest BCUT2D eigenvalue weighted by Gasteiger charge is -2.15. The Morgan fingerprint density at radius 1 is 1.24 bits per heavy atom. The lowest BCUT2D eigenvalue weighted by atomic mass is 10.1. The van der Waals surface area contributed by atoms with Crippen LogP contribution in [0.1, 0.15) is 23.2 Å². The zero-order chi connectivity index (χ0) is 21.1. The van der Waals surface area contributed by atoms with Crippen molar-refractivity contribution in [1.29, 1.82) is 0 Å². The second-order valence-corrected chi connectivity index (χ2v) is 7.83. The van der Waals surface area contributed by atoms with Gasteiger partial charge >= 0.3 is 0 Å². The predicted octanol–water partition coefficient (Wildman–Crippen LogP) is 2.56. The quantitative estimate of drug-likeness (QED) is 0.258. The third-order valence-electron chi connectivity index (χ3n) is 3.90. The van der Waals surface area contributed by atoms with Crippen LogP contribution in [0.5, 0.6) is 0 Å². The summed E-state index contributed by atoms with van der Waals surface area (Å²) >= 11 is 1.68. The van der Waals surface area contributed by atoms with Gasteiger partial charge in [0.05, 0.1) is 23.3 Å². The van der Waals surface area contributed by atoms with Gasteiger partial charge in [0, 0.05) is 18.8 Å². The highest BCUT2D eigenvalue weighted by molar-refractivity contribution is 7.98. The molecular weight excluding hydrogens is 392 g/mol. The number of furan rings is 1. The predicted molar refractivity (Wildman–Crippen MR) is 115 cm³/mol. The third kappa shape index (κ3) is 9.03. The molecule has 0 saturated heterocycles. The molecule has 0 bridgehead atoms. The molecule has 0 aliphatic heterocycles. The molecule has 158 valence electrons. The molecule has 0 spiro atoms. The van der Waals surface area contributed by atoms with E-state index in [9.17, 15) is 15.2 Å². The van der Waals surface area contributed by atoms with Crippen LogP contribution in [0.15, 0.2) is 58.9 Å². The first kappa shape index (κ1) is 22.8. The van der Waals surface area contributed by atoms with Crippen LogP contribution in [0, 0.1) is 10.1 Å². The van der Waals surface area contributed by atoms with Crippen LogP contribution in [0.4, 0.5) is 0 Å². The number of nitro groups is 1. The Morgan fingerprint density at radius 3 is 2.66 bits per heavy atom. The van der Waals surface area contributed by atoms with Gasteiger partial charge < -0.3 is 25.1 Å². The molecule has 1 heterocycles. The number of thioether (sulfide) groups is 1. The fraction of sp³-hybridized carbons (Fsp3) is 0.400. The average Bonchev–Trinajstić information content (AvgIpc) is 3.12. The van der Waals surface area contributed by atoms with Crippen LogP contribution < -0.4 is 10.6 Å². The summed E-state index contributed by atoms with van der Waals surface area (Å²) in [6, 6.07) is 13.1. The molecule has 2 rings (SSSR count). The normalized spacial score (nSPS) is 12.8. The maximum atomic E-state index is 10.8. The lowest BCUT2D eigenvalue weighted by Crippen LogP contribution is -2.31. The average molecular weight is 421 g/mol. The molecule has 9 heteroatoms. The molecular formula is C20H28N4O4S. The first-order valence-corrected chi connectivity index (χ1v) is 10.5. The number of aliphatic hydroxyl groups is 1. The van der Waals surface area contributed by atoms with Gasteiger partial charge in [-0.05, 0) is 31.8 Å². The smallest absolute Gasteiger partial charge is 0.274 e. The molecule has 1 aromatic heterocycles. The molecule has 0 fully saturated rings. The van der Waals surface area contributed by atoms with Gasteiger partial charge in [-0.15, -0.1) is 0 Å². The van der Waals surface area contributed by atoms with Crippen molar-refractivity contribution < 1.29 is 14.4 Å². The molecule has 0 aliphatic carbocycles. The Bertz CT molecular complexity index is 780. The summed E-state index contributed by atoms with van der Waals surface area (Å²) in [5, 5.41) is 27.0. The van der Waals surface area contributed by atoms with Gasteiger partial charge in [0.1, 0.15) is 11.5 Å². The van der Waals surface area contributed by atoms with Gasteiger partial charge in [-0.3, -0.25) is 10.1 Å². The molecule has 0 saturated carbocycles. The fourth-order valence-corrected chi connectivity index (χ4v) is 3.33. The maximum absolute atomic E-state index is 10.8. The summed E-state index contributed by atoms with van der Waals surface area (Å²) < 4.78 is 5.76. The van der Waals surface area contributed by atoms with E-state index in [0.29, 0.717) is 6.54 Å². The number of rotatable bonds is 13. The SMILES string of the molecule is CN(C)Cc1ccc(CSCCN/C(=C\[N+](=O)[O-])NCC(O)c2ccccc2)o1. The van der Waals surface area contributed by atoms with Crippen LogP contribution in [0.25, 0.3) is 0 Å². The van der Waals surface area contributed by atoms with Crippen molar-refractivity contribution in [2.24, 2.45) is 0 Å². The van der Waals surface area contributed by atoms with Gasteiger partial charge in [0.15, 0.2) is 5.82 Å². The summed E-state index contributed by atoms with van der Waals surface area (Å²) in [7, 11) is 3.98. The minimum absolute atomic E-state index is 0.172. The van der Waals surface area contributed by atoms with Gasteiger partial charge in [0.25, 0.3) is 6.20 Å². The summed E-state index contributed by atoms with van der Waals surface area (Å²) in [5.41, 5.74) is 0.753. The Morgan fingerprint density at radius 2 is 1.97 bits per heavy atom. The van der Waals surface area contributed by atoms with E-state index in [1.54, 1.807) is 11.8 Å². The number of aliphatic hydroxyl groups excluding tert-OH is 1. The molecule has 1 atom stereocenters. The number of hydrogen-bond acceptors (Lipinski definition) is 8. The highest BCUT2D eigenvalue weighted by atomic mass is 32.2. The topological polar surface area (TPSA) is 104 Å². The lowest BCUT2D eigenvalue weighted by molar-refractivity contribution is -0.404. The summed E-state index contributed by atoms with van der Waals surface area (Å²) in [6.45, 7) is 1.48. The summed E-state index contributed by atoms with van der Waals surface area (Å²) in [5.74, 6) is 3.61. The Kier molecular flexibility index (Phi) is 9.55. The monoisotopic (exact) mass is 420 g/mol. The second kappa shape index (κ2) is 12.2. The van der Waals surface area contributed by atoms with Gasteiger partial charge in [-0.1, -0.05) is 30.3 Å². The second-order valence-electron chi connectivity index (χ2n) is 6.72. The molecule has 29 heavy (non-hydrogen) atoms. The number of nitrogens with one attached hydrogen (secondary N) is 2. The van der Waals surface area contributed by atoms with Gasteiger partial charge in [0.2, 0.25) is 0 Å². The maximum Gasteiger partial charge on any atom is 0.274 e. The van der Waals surface area contributed by atoms with E-state index in [1.165, 1.54) is 0 Å². The van der Waals surface area contributed by atoms with Crippen LogP contribution in [0.3, 0.4) is 0 Å². The van der Waals surface area contributed by atoms with Gasteiger partial charge in [-0.25, -0.2) is 0 Å². The summed E-state index contributed by atoms with van der Waals surface area (Å²) in [6.07, 6.45) is 0.125. The van der Waals surface area contributed by atoms with Crippen LogP contribution >= 0.6 is 11.8 Å². The van der Waals surface area contributed by atoms with E-state index < -0.39 is 11.0 Å². The Hall–Kier alpha value is -2.49. The van der Waals surface area contributed by atoms with Crippen molar-refractivity contribution in [3.63, 3.8) is 0 Å². The van der Waals surface area contributed by atoms with Crippen molar-refractivity contribution >= 4 is 11.8 Å². The summed E-state index contributed by atoms with van der Waals surface area (Å²) in [4.78, 5) is 12.4. The van der Waals surface area contributed by atoms with E-state index >= 15 is 0 Å². The first-order chi connectivity index (χ1) is 13.9. The van der Waals surface area contributed by atoms with Crippen LogP contribution in [0.2, 0.25) is 0 Å². The molecule has 0 aliphatic rings. The Labute approximate surface area is 175 Å². The van der Waals surface area contributed by atoms with E-state index in [2.05, 4.69) is 10.6 Å². The highest BCUT2D eigenvalue weighted by Gasteiger charge is 2.09. The van der Waals surface area contributed by atoms with E-state index in [-0.39, 0.29) is 12.4 Å². The molecule has 3 N–H and O–H groups in total. The van der Waals surface area contributed by atoms with Crippen molar-refractivity contribution in [1.82, 2.24) is 15.5 Å². The number of benzene rings is 1. The van der Waals surface area contributed by atoms with E-state index in [1.807, 2.05) is 61.5 Å². The molecule has 1 aromatic carbocycles. The minimum Gasteiger partial charge on any atom is -0.464 e. The van der Waals surface area contributed by atoms with Crippen molar-refractivity contribution in [3.8, 4) is 0 Å². The van der Waals surface area contributed by atoms with Crippen molar-refractivity contribution in [3.05, 3.63) is 81.7 Å². The van der Waals surface area contributed by atoms with E-state index in [0.717, 1.165) is 41.3 Å². The standard InChI is InChI=1S/C20H28N4O4S/c1-23(2)13-17-8-9-18(28-17)15-29-11-10-21-20(14-24(26)27)22-12-19(25)16-6-4-3-5-7-16/h3-9,14,19,21-22,25H,10-13,15H2,1-2H3/b20-14+.